The highest BCUT2D eigenvalue weighted by Gasteiger charge is 2.31. The Balaban J connectivity index is 1.40. The number of aromatic nitrogens is 3. The summed E-state index contributed by atoms with van der Waals surface area (Å²) >= 11 is 1.59. The van der Waals surface area contributed by atoms with Crippen LogP contribution in [0, 0.1) is 20.8 Å². The summed E-state index contributed by atoms with van der Waals surface area (Å²) < 4.78 is 31.3. The molecule has 1 amide bonds. The van der Waals surface area contributed by atoms with Crippen molar-refractivity contribution in [3.8, 4) is 5.75 Å². The SMILES string of the molecule is Cc1nc(COc2ccc(C(=O)N(C)Cc3c(C)nn([C@@H]4CCS(=O)(=O)C4)c3C)cc2)cs1. The van der Waals surface area contributed by atoms with Crippen molar-refractivity contribution in [2.45, 2.75) is 46.4 Å². The van der Waals surface area contributed by atoms with Gasteiger partial charge in [-0.15, -0.1) is 11.3 Å². The molecule has 0 saturated carbocycles. The van der Waals surface area contributed by atoms with Crippen molar-refractivity contribution in [3.63, 3.8) is 0 Å². The molecule has 176 valence electrons. The first-order valence-electron chi connectivity index (χ1n) is 10.8. The van der Waals surface area contributed by atoms with Crippen molar-refractivity contribution < 1.29 is 17.9 Å². The van der Waals surface area contributed by atoms with Crippen LogP contribution in [0.3, 0.4) is 0 Å². The lowest BCUT2D eigenvalue weighted by molar-refractivity contribution is 0.0784. The lowest BCUT2D eigenvalue weighted by Crippen LogP contribution is -2.26. The van der Waals surface area contributed by atoms with E-state index in [4.69, 9.17) is 4.74 Å². The van der Waals surface area contributed by atoms with Gasteiger partial charge in [0, 0.05) is 35.8 Å². The standard InChI is InChI=1S/C23H28N4O4S2/c1-15-22(16(2)27(25-15)20-9-10-33(29,30)14-20)11-26(4)23(28)18-5-7-21(8-6-18)31-12-19-13-32-17(3)24-19/h5-8,13,20H,9-12,14H2,1-4H3/t20-/m1/s1. The molecule has 1 saturated heterocycles. The first-order valence-corrected chi connectivity index (χ1v) is 13.5. The fourth-order valence-electron chi connectivity index (χ4n) is 4.10. The zero-order valence-electron chi connectivity index (χ0n) is 19.2. The Bertz CT molecular complexity index is 1260. The number of sulfone groups is 1. The molecule has 1 atom stereocenters. The van der Waals surface area contributed by atoms with E-state index in [1.54, 1.807) is 47.5 Å². The predicted molar refractivity (Wildman–Crippen MR) is 127 cm³/mol. The highest BCUT2D eigenvalue weighted by molar-refractivity contribution is 7.91. The molecular weight excluding hydrogens is 460 g/mol. The minimum Gasteiger partial charge on any atom is -0.487 e. The number of carbonyl (C=O) groups excluding carboxylic acids is 1. The van der Waals surface area contributed by atoms with Crippen molar-refractivity contribution in [2.75, 3.05) is 18.6 Å². The average molecular weight is 489 g/mol. The maximum atomic E-state index is 13.0. The summed E-state index contributed by atoms with van der Waals surface area (Å²) in [5.74, 6) is 0.901. The van der Waals surface area contributed by atoms with Crippen LogP contribution in [0.5, 0.6) is 5.75 Å². The average Bonchev–Trinajstić information content (AvgIpc) is 3.44. The smallest absolute Gasteiger partial charge is 0.253 e. The molecule has 8 nitrogen and oxygen atoms in total. The minimum atomic E-state index is -3.00. The second-order valence-corrected chi connectivity index (χ2v) is 11.8. The van der Waals surface area contributed by atoms with E-state index in [1.807, 2.05) is 30.8 Å². The highest BCUT2D eigenvalue weighted by Crippen LogP contribution is 2.27. The molecule has 1 fully saturated rings. The highest BCUT2D eigenvalue weighted by atomic mass is 32.2. The van der Waals surface area contributed by atoms with E-state index in [1.165, 1.54) is 0 Å². The monoisotopic (exact) mass is 488 g/mol. The Labute approximate surface area is 198 Å². The number of carbonyl (C=O) groups is 1. The molecule has 0 N–H and O–H groups in total. The van der Waals surface area contributed by atoms with Crippen molar-refractivity contribution in [1.82, 2.24) is 19.7 Å². The molecule has 0 bridgehead atoms. The van der Waals surface area contributed by atoms with Gasteiger partial charge in [0.25, 0.3) is 5.91 Å². The van der Waals surface area contributed by atoms with Gasteiger partial charge in [-0.1, -0.05) is 0 Å². The third-order valence-corrected chi connectivity index (χ3v) is 8.50. The van der Waals surface area contributed by atoms with E-state index in [0.29, 0.717) is 30.9 Å². The van der Waals surface area contributed by atoms with Gasteiger partial charge >= 0.3 is 0 Å². The molecule has 1 aliphatic rings. The maximum Gasteiger partial charge on any atom is 0.253 e. The normalized spacial score (nSPS) is 17.3. The van der Waals surface area contributed by atoms with Crippen LogP contribution >= 0.6 is 11.3 Å². The molecule has 3 aromatic rings. The van der Waals surface area contributed by atoms with Crippen molar-refractivity contribution in [2.24, 2.45) is 0 Å². The third kappa shape index (κ3) is 5.27. The molecule has 33 heavy (non-hydrogen) atoms. The second-order valence-electron chi connectivity index (χ2n) is 8.48. The number of hydrogen-bond acceptors (Lipinski definition) is 7. The lowest BCUT2D eigenvalue weighted by atomic mass is 10.1. The van der Waals surface area contributed by atoms with E-state index in [0.717, 1.165) is 27.7 Å². The molecule has 0 unspecified atom stereocenters. The molecule has 10 heteroatoms. The number of thiazole rings is 1. The van der Waals surface area contributed by atoms with Gasteiger partial charge in [0.2, 0.25) is 0 Å². The summed E-state index contributed by atoms with van der Waals surface area (Å²) in [6, 6.07) is 6.95. The van der Waals surface area contributed by atoms with Gasteiger partial charge in [-0.05, 0) is 51.5 Å². The Morgan fingerprint density at radius 3 is 2.58 bits per heavy atom. The summed E-state index contributed by atoms with van der Waals surface area (Å²) in [7, 11) is -1.24. The first kappa shape index (κ1) is 23.4. The Morgan fingerprint density at radius 2 is 1.97 bits per heavy atom. The van der Waals surface area contributed by atoms with E-state index < -0.39 is 9.84 Å². The van der Waals surface area contributed by atoms with Gasteiger partial charge in [0.1, 0.15) is 12.4 Å². The topological polar surface area (TPSA) is 94.4 Å². The van der Waals surface area contributed by atoms with Crippen LogP contribution in [0.4, 0.5) is 0 Å². The van der Waals surface area contributed by atoms with Gasteiger partial charge in [0.05, 0.1) is 33.9 Å². The number of amides is 1. The molecule has 2 aromatic heterocycles. The minimum absolute atomic E-state index is 0.105. The maximum absolute atomic E-state index is 13.0. The van der Waals surface area contributed by atoms with Crippen LogP contribution in [-0.2, 0) is 23.0 Å². The fraction of sp³-hybridized carbons (Fsp3) is 0.435. The summed E-state index contributed by atoms with van der Waals surface area (Å²) in [6.07, 6.45) is 0.578. The van der Waals surface area contributed by atoms with Gasteiger partial charge in [0.15, 0.2) is 9.84 Å². The molecule has 3 heterocycles. The summed E-state index contributed by atoms with van der Waals surface area (Å²) in [6.45, 7) is 6.59. The van der Waals surface area contributed by atoms with Crippen LogP contribution in [0.25, 0.3) is 0 Å². The van der Waals surface area contributed by atoms with Crippen LogP contribution < -0.4 is 4.74 Å². The number of nitrogens with zero attached hydrogens (tertiary/aromatic N) is 4. The largest absolute Gasteiger partial charge is 0.487 e. The zero-order valence-corrected chi connectivity index (χ0v) is 20.9. The van der Waals surface area contributed by atoms with Crippen molar-refractivity contribution in [1.29, 1.82) is 0 Å². The summed E-state index contributed by atoms with van der Waals surface area (Å²) in [4.78, 5) is 19.0. The van der Waals surface area contributed by atoms with Crippen molar-refractivity contribution in [3.05, 3.63) is 62.9 Å². The number of rotatable bonds is 7. The summed E-state index contributed by atoms with van der Waals surface area (Å²) in [5, 5.41) is 7.57. The zero-order chi connectivity index (χ0) is 23.8. The van der Waals surface area contributed by atoms with Gasteiger partial charge in [-0.2, -0.15) is 5.10 Å². The third-order valence-electron chi connectivity index (χ3n) is 5.93. The lowest BCUT2D eigenvalue weighted by Gasteiger charge is -2.18. The molecule has 0 radical (unpaired) electrons. The summed E-state index contributed by atoms with van der Waals surface area (Å²) in [5.41, 5.74) is 4.14. The Hall–Kier alpha value is -2.72. The number of aryl methyl sites for hydroxylation is 2. The van der Waals surface area contributed by atoms with Gasteiger partial charge in [-0.25, -0.2) is 13.4 Å². The quantitative estimate of drug-likeness (QED) is 0.505. The van der Waals surface area contributed by atoms with Crippen LogP contribution in [-0.4, -0.2) is 52.5 Å². The van der Waals surface area contributed by atoms with Gasteiger partial charge in [-0.3, -0.25) is 9.48 Å². The fourth-order valence-corrected chi connectivity index (χ4v) is 6.39. The number of benzene rings is 1. The molecule has 1 aliphatic heterocycles. The van der Waals surface area contributed by atoms with Crippen LogP contribution in [0.1, 0.15) is 50.5 Å². The van der Waals surface area contributed by atoms with Crippen LogP contribution in [0.2, 0.25) is 0 Å². The van der Waals surface area contributed by atoms with E-state index in [9.17, 15) is 13.2 Å². The first-order chi connectivity index (χ1) is 15.6. The molecule has 0 spiro atoms. The van der Waals surface area contributed by atoms with Crippen LogP contribution in [0.15, 0.2) is 29.6 Å². The molecule has 1 aromatic carbocycles. The second kappa shape index (κ2) is 9.26. The molecule has 0 aliphatic carbocycles. The molecule has 4 rings (SSSR count). The van der Waals surface area contributed by atoms with E-state index in [-0.39, 0.29) is 23.5 Å². The number of hydrogen-bond donors (Lipinski definition) is 0. The predicted octanol–water partition coefficient (Wildman–Crippen LogP) is 3.48. The Morgan fingerprint density at radius 1 is 1.24 bits per heavy atom. The molecular formula is C23H28N4O4S2. The van der Waals surface area contributed by atoms with Gasteiger partial charge < -0.3 is 9.64 Å². The van der Waals surface area contributed by atoms with E-state index >= 15 is 0 Å². The Kier molecular flexibility index (Phi) is 6.58. The number of ether oxygens (including phenoxy) is 1. The van der Waals surface area contributed by atoms with E-state index in [2.05, 4.69) is 10.1 Å². The van der Waals surface area contributed by atoms with Crippen molar-refractivity contribution >= 4 is 27.1 Å².